The summed E-state index contributed by atoms with van der Waals surface area (Å²) in [5.74, 6) is -0.0949. The van der Waals surface area contributed by atoms with Crippen LogP contribution in [-0.2, 0) is 4.79 Å². The molecule has 1 N–H and O–H groups in total. The maximum atomic E-state index is 10.5. The largest absolute Gasteiger partial charge is 0.482 e. The summed E-state index contributed by atoms with van der Waals surface area (Å²) in [5, 5.41) is 8.59. The Balaban J connectivity index is 2.19. The number of hydrogen-bond acceptors (Lipinski definition) is 3. The fraction of sp³-hybridized carbons (Fsp3) is 0.286. The van der Waals surface area contributed by atoms with Gasteiger partial charge in [0.25, 0.3) is 0 Å². The molecule has 0 aliphatic rings. The third-order valence-corrected chi connectivity index (χ3v) is 2.67. The van der Waals surface area contributed by atoms with Crippen LogP contribution in [0.25, 0.3) is 5.69 Å². The van der Waals surface area contributed by atoms with Crippen LogP contribution in [0.2, 0.25) is 0 Å². The van der Waals surface area contributed by atoms with Crippen LogP contribution in [0, 0.1) is 0 Å². The van der Waals surface area contributed by atoms with Crippen molar-refractivity contribution in [2.45, 2.75) is 19.8 Å². The van der Waals surface area contributed by atoms with Gasteiger partial charge in [-0.15, -0.1) is 0 Å². The van der Waals surface area contributed by atoms with Gasteiger partial charge in [0.2, 0.25) is 0 Å². The minimum Gasteiger partial charge on any atom is -0.482 e. The quantitative estimate of drug-likeness (QED) is 0.896. The molecule has 0 saturated carbocycles. The second-order valence-corrected chi connectivity index (χ2v) is 4.54. The Morgan fingerprint density at radius 3 is 2.89 bits per heavy atom. The lowest BCUT2D eigenvalue weighted by Crippen LogP contribution is -2.09. The van der Waals surface area contributed by atoms with Crippen molar-refractivity contribution in [2.24, 2.45) is 0 Å². The van der Waals surface area contributed by atoms with Crippen molar-refractivity contribution in [2.75, 3.05) is 6.61 Å². The number of carbonyl (C=O) groups is 1. The average Bonchev–Trinajstić information content (AvgIpc) is 2.86. The van der Waals surface area contributed by atoms with Crippen LogP contribution in [0.3, 0.4) is 0 Å². The highest BCUT2D eigenvalue weighted by Gasteiger charge is 2.06. The molecule has 1 aromatic carbocycles. The van der Waals surface area contributed by atoms with Gasteiger partial charge in [-0.1, -0.05) is 19.9 Å². The van der Waals surface area contributed by atoms with E-state index in [0.29, 0.717) is 11.7 Å². The summed E-state index contributed by atoms with van der Waals surface area (Å²) in [5.41, 5.74) is 1.90. The van der Waals surface area contributed by atoms with Crippen molar-refractivity contribution in [1.29, 1.82) is 0 Å². The van der Waals surface area contributed by atoms with E-state index >= 15 is 0 Å². The molecule has 5 nitrogen and oxygen atoms in total. The molecule has 1 aromatic heterocycles. The Kier molecular flexibility index (Phi) is 3.85. The fourth-order valence-electron chi connectivity index (χ4n) is 1.66. The predicted octanol–water partition coefficient (Wildman–Crippen LogP) is 2.46. The number of benzene rings is 1. The van der Waals surface area contributed by atoms with Gasteiger partial charge in [0.15, 0.2) is 6.61 Å². The zero-order valence-electron chi connectivity index (χ0n) is 10.9. The first-order valence-electron chi connectivity index (χ1n) is 6.05. The summed E-state index contributed by atoms with van der Waals surface area (Å²) in [6.45, 7) is 3.82. The second-order valence-electron chi connectivity index (χ2n) is 4.54. The maximum absolute atomic E-state index is 10.5. The molecule has 0 unspecified atom stereocenters. The number of carboxylic acid groups (broad SMARTS) is 1. The Morgan fingerprint density at radius 2 is 2.26 bits per heavy atom. The van der Waals surface area contributed by atoms with E-state index in [4.69, 9.17) is 9.84 Å². The molecule has 0 bridgehead atoms. The average molecular weight is 260 g/mol. The van der Waals surface area contributed by atoms with Crippen LogP contribution in [-0.4, -0.2) is 27.2 Å². The molecule has 0 atom stereocenters. The molecule has 5 heteroatoms. The van der Waals surface area contributed by atoms with E-state index in [9.17, 15) is 4.79 Å². The number of aliphatic carboxylic acids is 1. The van der Waals surface area contributed by atoms with Crippen LogP contribution in [0.1, 0.15) is 25.5 Å². The molecule has 0 aliphatic carbocycles. The highest BCUT2D eigenvalue weighted by atomic mass is 16.5. The first-order chi connectivity index (χ1) is 9.06. The summed E-state index contributed by atoms with van der Waals surface area (Å²) in [7, 11) is 0. The highest BCUT2D eigenvalue weighted by Crippen LogP contribution is 2.19. The van der Waals surface area contributed by atoms with E-state index in [1.54, 1.807) is 18.5 Å². The lowest BCUT2D eigenvalue weighted by molar-refractivity contribution is -0.139. The molecule has 2 aromatic rings. The highest BCUT2D eigenvalue weighted by molar-refractivity contribution is 5.68. The summed E-state index contributed by atoms with van der Waals surface area (Å²) < 4.78 is 7.04. The Bertz CT molecular complexity index is 576. The summed E-state index contributed by atoms with van der Waals surface area (Å²) >= 11 is 0. The SMILES string of the molecule is CC(C)c1cn(-c2cccc(OCC(=O)O)c2)cn1. The van der Waals surface area contributed by atoms with E-state index in [1.165, 1.54) is 0 Å². The van der Waals surface area contributed by atoms with E-state index < -0.39 is 5.97 Å². The molecule has 1 heterocycles. The van der Waals surface area contributed by atoms with Gasteiger partial charge in [-0.3, -0.25) is 0 Å². The zero-order valence-corrected chi connectivity index (χ0v) is 10.9. The van der Waals surface area contributed by atoms with Gasteiger partial charge >= 0.3 is 5.97 Å². The van der Waals surface area contributed by atoms with Gasteiger partial charge in [0.1, 0.15) is 5.75 Å². The number of nitrogens with zero attached hydrogens (tertiary/aromatic N) is 2. The maximum Gasteiger partial charge on any atom is 0.341 e. The van der Waals surface area contributed by atoms with Gasteiger partial charge in [-0.2, -0.15) is 0 Å². The lowest BCUT2D eigenvalue weighted by Gasteiger charge is -2.06. The third kappa shape index (κ3) is 3.34. The molecular weight excluding hydrogens is 244 g/mol. The molecule has 2 rings (SSSR count). The summed E-state index contributed by atoms with van der Waals surface area (Å²) in [6.07, 6.45) is 3.70. The summed E-state index contributed by atoms with van der Waals surface area (Å²) in [6, 6.07) is 7.25. The van der Waals surface area contributed by atoms with E-state index in [0.717, 1.165) is 11.4 Å². The van der Waals surface area contributed by atoms with E-state index in [1.807, 2.05) is 22.9 Å². The van der Waals surface area contributed by atoms with E-state index in [-0.39, 0.29) is 6.61 Å². The molecule has 0 fully saturated rings. The molecule has 19 heavy (non-hydrogen) atoms. The Labute approximate surface area is 111 Å². The molecule has 0 aliphatic heterocycles. The predicted molar refractivity (Wildman–Crippen MR) is 70.8 cm³/mol. The number of rotatable bonds is 5. The van der Waals surface area contributed by atoms with Crippen molar-refractivity contribution in [3.8, 4) is 11.4 Å². The van der Waals surface area contributed by atoms with Crippen LogP contribution in [0.4, 0.5) is 0 Å². The van der Waals surface area contributed by atoms with Crippen LogP contribution in [0.5, 0.6) is 5.75 Å². The first-order valence-corrected chi connectivity index (χ1v) is 6.05. The standard InChI is InChI=1S/C14H16N2O3/c1-10(2)13-7-16(9-15-13)11-4-3-5-12(6-11)19-8-14(17)18/h3-7,9-10H,8H2,1-2H3,(H,17,18). The molecule has 0 radical (unpaired) electrons. The molecule has 100 valence electrons. The number of aromatic nitrogens is 2. The minimum atomic E-state index is -0.991. The van der Waals surface area contributed by atoms with Crippen molar-refractivity contribution in [1.82, 2.24) is 9.55 Å². The lowest BCUT2D eigenvalue weighted by atomic mass is 10.2. The van der Waals surface area contributed by atoms with Crippen LogP contribution >= 0.6 is 0 Å². The van der Waals surface area contributed by atoms with Crippen LogP contribution in [0.15, 0.2) is 36.8 Å². The van der Waals surface area contributed by atoms with Gasteiger partial charge in [-0.05, 0) is 18.1 Å². The first kappa shape index (κ1) is 13.1. The van der Waals surface area contributed by atoms with Crippen molar-refractivity contribution in [3.05, 3.63) is 42.5 Å². The Hall–Kier alpha value is -2.30. The van der Waals surface area contributed by atoms with Crippen molar-refractivity contribution < 1.29 is 14.6 Å². The van der Waals surface area contributed by atoms with Gasteiger partial charge < -0.3 is 14.4 Å². The number of hydrogen-bond donors (Lipinski definition) is 1. The molecule has 0 saturated heterocycles. The summed E-state index contributed by atoms with van der Waals surface area (Å²) in [4.78, 5) is 14.8. The van der Waals surface area contributed by atoms with Gasteiger partial charge in [-0.25, -0.2) is 9.78 Å². The second kappa shape index (κ2) is 5.56. The third-order valence-electron chi connectivity index (χ3n) is 2.67. The monoisotopic (exact) mass is 260 g/mol. The number of carboxylic acids is 1. The fourth-order valence-corrected chi connectivity index (χ4v) is 1.66. The smallest absolute Gasteiger partial charge is 0.341 e. The normalized spacial score (nSPS) is 10.7. The van der Waals surface area contributed by atoms with Crippen molar-refractivity contribution >= 4 is 5.97 Å². The number of imidazole rings is 1. The van der Waals surface area contributed by atoms with Crippen molar-refractivity contribution in [3.63, 3.8) is 0 Å². The molecule has 0 amide bonds. The van der Waals surface area contributed by atoms with Gasteiger partial charge in [0.05, 0.1) is 17.7 Å². The topological polar surface area (TPSA) is 64.3 Å². The van der Waals surface area contributed by atoms with E-state index in [2.05, 4.69) is 18.8 Å². The van der Waals surface area contributed by atoms with Crippen LogP contribution < -0.4 is 4.74 Å². The number of ether oxygens (including phenoxy) is 1. The zero-order chi connectivity index (χ0) is 13.8. The molecular formula is C14H16N2O3. The molecule has 0 spiro atoms. The van der Waals surface area contributed by atoms with Gasteiger partial charge in [0, 0.05) is 12.3 Å². The Morgan fingerprint density at radius 1 is 1.47 bits per heavy atom. The minimum absolute atomic E-state index is 0.343.